The van der Waals surface area contributed by atoms with Crippen molar-refractivity contribution in [2.24, 2.45) is 0 Å². The Labute approximate surface area is 153 Å². The highest BCUT2D eigenvalue weighted by atomic mass is 16.5. The van der Waals surface area contributed by atoms with Gasteiger partial charge in [-0.25, -0.2) is 0 Å². The van der Waals surface area contributed by atoms with Crippen LogP contribution in [0.15, 0.2) is 72.8 Å². The molecule has 26 heavy (non-hydrogen) atoms. The summed E-state index contributed by atoms with van der Waals surface area (Å²) in [4.78, 5) is 12.1. The van der Waals surface area contributed by atoms with Crippen LogP contribution in [0, 0.1) is 13.8 Å². The molecule has 0 aliphatic carbocycles. The number of benzene rings is 3. The fourth-order valence-electron chi connectivity index (χ4n) is 2.70. The van der Waals surface area contributed by atoms with Gasteiger partial charge in [0.2, 0.25) is 5.91 Å². The third kappa shape index (κ3) is 5.11. The molecule has 3 rings (SSSR count). The smallest absolute Gasteiger partial charge is 0.243 e. The molecule has 4 heteroatoms. The van der Waals surface area contributed by atoms with Gasteiger partial charge in [-0.05, 0) is 73.5 Å². The predicted octanol–water partition coefficient (Wildman–Crippen LogP) is 5.15. The van der Waals surface area contributed by atoms with Crippen molar-refractivity contribution in [2.75, 3.05) is 17.2 Å². The number of carbonyl (C=O) groups is 1. The standard InChI is InChI=1S/C22H22N2O2/c1-16-12-17(2)14-19(13-16)23-15-22(25)24-18-8-10-21(11-9-18)26-20-6-4-3-5-7-20/h3-14,23H,15H2,1-2H3,(H,24,25). The molecule has 0 bridgehead atoms. The number of para-hydroxylation sites is 1. The van der Waals surface area contributed by atoms with Gasteiger partial charge in [0.25, 0.3) is 0 Å². The summed E-state index contributed by atoms with van der Waals surface area (Å²) in [5, 5.41) is 6.03. The van der Waals surface area contributed by atoms with Gasteiger partial charge in [0.05, 0.1) is 6.54 Å². The number of carbonyl (C=O) groups excluding carboxylic acids is 1. The van der Waals surface area contributed by atoms with E-state index in [-0.39, 0.29) is 12.5 Å². The van der Waals surface area contributed by atoms with Crippen LogP contribution in [0.4, 0.5) is 11.4 Å². The van der Waals surface area contributed by atoms with E-state index < -0.39 is 0 Å². The van der Waals surface area contributed by atoms with Crippen LogP contribution in [-0.2, 0) is 4.79 Å². The number of anilines is 2. The van der Waals surface area contributed by atoms with Crippen molar-refractivity contribution >= 4 is 17.3 Å². The molecule has 3 aromatic carbocycles. The SMILES string of the molecule is Cc1cc(C)cc(NCC(=O)Nc2ccc(Oc3ccccc3)cc2)c1. The van der Waals surface area contributed by atoms with Gasteiger partial charge in [0.15, 0.2) is 0 Å². The average Bonchev–Trinajstić information content (AvgIpc) is 2.62. The van der Waals surface area contributed by atoms with E-state index >= 15 is 0 Å². The largest absolute Gasteiger partial charge is 0.457 e. The number of nitrogens with one attached hydrogen (secondary N) is 2. The molecular formula is C22H22N2O2. The van der Waals surface area contributed by atoms with Crippen LogP contribution < -0.4 is 15.4 Å². The molecule has 0 saturated heterocycles. The highest BCUT2D eigenvalue weighted by Gasteiger charge is 2.04. The maximum Gasteiger partial charge on any atom is 0.243 e. The second-order valence-electron chi connectivity index (χ2n) is 6.22. The number of ether oxygens (including phenoxy) is 1. The van der Waals surface area contributed by atoms with Crippen LogP contribution >= 0.6 is 0 Å². The first-order valence-electron chi connectivity index (χ1n) is 8.53. The molecular weight excluding hydrogens is 324 g/mol. The summed E-state index contributed by atoms with van der Waals surface area (Å²) in [6.07, 6.45) is 0. The van der Waals surface area contributed by atoms with Crippen molar-refractivity contribution in [2.45, 2.75) is 13.8 Å². The maximum absolute atomic E-state index is 12.1. The molecule has 2 N–H and O–H groups in total. The summed E-state index contributed by atoms with van der Waals surface area (Å²) in [6, 6.07) is 23.1. The van der Waals surface area contributed by atoms with Gasteiger partial charge >= 0.3 is 0 Å². The van der Waals surface area contributed by atoms with Crippen LogP contribution in [-0.4, -0.2) is 12.5 Å². The highest BCUT2D eigenvalue weighted by molar-refractivity contribution is 5.93. The van der Waals surface area contributed by atoms with Gasteiger partial charge in [0.1, 0.15) is 11.5 Å². The zero-order valence-corrected chi connectivity index (χ0v) is 15.0. The van der Waals surface area contributed by atoms with Crippen LogP contribution in [0.5, 0.6) is 11.5 Å². The average molecular weight is 346 g/mol. The van der Waals surface area contributed by atoms with Crippen molar-refractivity contribution in [3.05, 3.63) is 83.9 Å². The number of hydrogen-bond donors (Lipinski definition) is 2. The monoisotopic (exact) mass is 346 g/mol. The van der Waals surface area contributed by atoms with Crippen LogP contribution in [0.25, 0.3) is 0 Å². The van der Waals surface area contributed by atoms with E-state index in [2.05, 4.69) is 16.7 Å². The maximum atomic E-state index is 12.1. The predicted molar refractivity (Wildman–Crippen MR) is 106 cm³/mol. The molecule has 0 atom stereocenters. The minimum atomic E-state index is -0.0964. The lowest BCUT2D eigenvalue weighted by molar-refractivity contribution is -0.114. The van der Waals surface area contributed by atoms with E-state index in [1.807, 2.05) is 80.6 Å². The van der Waals surface area contributed by atoms with Crippen LogP contribution in [0.2, 0.25) is 0 Å². The quantitative estimate of drug-likeness (QED) is 0.649. The summed E-state index contributed by atoms with van der Waals surface area (Å²) in [5.74, 6) is 1.41. The summed E-state index contributed by atoms with van der Waals surface area (Å²) >= 11 is 0. The summed E-state index contributed by atoms with van der Waals surface area (Å²) in [6.45, 7) is 4.29. The first kappa shape index (κ1) is 17.5. The number of aryl methyl sites for hydroxylation is 2. The summed E-state index contributed by atoms with van der Waals surface area (Å²) in [7, 11) is 0. The minimum absolute atomic E-state index is 0.0964. The van der Waals surface area contributed by atoms with E-state index in [4.69, 9.17) is 4.74 Å². The molecule has 0 unspecified atom stereocenters. The number of amides is 1. The van der Waals surface area contributed by atoms with Crippen molar-refractivity contribution < 1.29 is 9.53 Å². The molecule has 0 spiro atoms. The topological polar surface area (TPSA) is 50.4 Å². The normalized spacial score (nSPS) is 10.2. The first-order chi connectivity index (χ1) is 12.6. The fourth-order valence-corrected chi connectivity index (χ4v) is 2.70. The molecule has 4 nitrogen and oxygen atoms in total. The molecule has 0 aliphatic rings. The molecule has 1 amide bonds. The van der Waals surface area contributed by atoms with Crippen molar-refractivity contribution in [1.29, 1.82) is 0 Å². The third-order valence-electron chi connectivity index (χ3n) is 3.79. The fraction of sp³-hybridized carbons (Fsp3) is 0.136. The van der Waals surface area contributed by atoms with E-state index in [0.29, 0.717) is 0 Å². The molecule has 0 aromatic heterocycles. The Bertz CT molecular complexity index is 854. The first-order valence-corrected chi connectivity index (χ1v) is 8.53. The Hall–Kier alpha value is -3.27. The lowest BCUT2D eigenvalue weighted by Gasteiger charge is -2.10. The zero-order chi connectivity index (χ0) is 18.4. The van der Waals surface area contributed by atoms with E-state index in [1.54, 1.807) is 0 Å². The minimum Gasteiger partial charge on any atom is -0.457 e. The summed E-state index contributed by atoms with van der Waals surface area (Å²) < 4.78 is 5.74. The van der Waals surface area contributed by atoms with E-state index in [0.717, 1.165) is 22.9 Å². The molecule has 0 saturated carbocycles. The van der Waals surface area contributed by atoms with E-state index in [9.17, 15) is 4.79 Å². The van der Waals surface area contributed by atoms with Gasteiger partial charge in [-0.15, -0.1) is 0 Å². The van der Waals surface area contributed by atoms with Crippen molar-refractivity contribution in [3.63, 3.8) is 0 Å². The van der Waals surface area contributed by atoms with Gasteiger partial charge in [-0.2, -0.15) is 0 Å². The lowest BCUT2D eigenvalue weighted by Crippen LogP contribution is -2.21. The van der Waals surface area contributed by atoms with Crippen molar-refractivity contribution in [3.8, 4) is 11.5 Å². The second-order valence-corrected chi connectivity index (χ2v) is 6.22. The number of rotatable bonds is 6. The molecule has 0 aliphatic heterocycles. The summed E-state index contributed by atoms with van der Waals surface area (Å²) in [5.41, 5.74) is 4.02. The Morgan fingerprint density at radius 3 is 2.08 bits per heavy atom. The third-order valence-corrected chi connectivity index (χ3v) is 3.79. The molecule has 0 fully saturated rings. The Morgan fingerprint density at radius 1 is 0.808 bits per heavy atom. The zero-order valence-electron chi connectivity index (χ0n) is 15.0. The molecule has 132 valence electrons. The van der Waals surface area contributed by atoms with E-state index in [1.165, 1.54) is 11.1 Å². The molecule has 3 aromatic rings. The Balaban J connectivity index is 1.52. The second kappa shape index (κ2) is 8.21. The molecule has 0 radical (unpaired) electrons. The van der Waals surface area contributed by atoms with Gasteiger partial charge < -0.3 is 15.4 Å². The molecule has 0 heterocycles. The Morgan fingerprint density at radius 2 is 1.42 bits per heavy atom. The van der Waals surface area contributed by atoms with Gasteiger partial charge in [-0.1, -0.05) is 24.3 Å². The van der Waals surface area contributed by atoms with Gasteiger partial charge in [-0.3, -0.25) is 4.79 Å². The Kier molecular flexibility index (Phi) is 5.54. The van der Waals surface area contributed by atoms with Crippen molar-refractivity contribution in [1.82, 2.24) is 0 Å². The number of hydrogen-bond acceptors (Lipinski definition) is 3. The van der Waals surface area contributed by atoms with Gasteiger partial charge in [0, 0.05) is 11.4 Å². The highest BCUT2D eigenvalue weighted by Crippen LogP contribution is 2.22. The van der Waals surface area contributed by atoms with Crippen LogP contribution in [0.1, 0.15) is 11.1 Å². The van der Waals surface area contributed by atoms with Crippen LogP contribution in [0.3, 0.4) is 0 Å². The lowest BCUT2D eigenvalue weighted by atomic mass is 10.1.